The maximum Gasteiger partial charge on any atom is 0.0704 e. The van der Waals surface area contributed by atoms with E-state index in [9.17, 15) is 0 Å². The molecule has 0 fully saturated rings. The van der Waals surface area contributed by atoms with Gasteiger partial charge in [-0.15, -0.1) is 0 Å². The number of benzene rings is 1. The summed E-state index contributed by atoms with van der Waals surface area (Å²) in [5.74, 6) is 0.649. The SMILES string of the molecule is CNCC(C)Cc1cccc2ncccc12. The lowest BCUT2D eigenvalue weighted by atomic mass is 9.97. The van der Waals surface area contributed by atoms with E-state index in [0.717, 1.165) is 18.5 Å². The standard InChI is InChI=1S/C14H18N2/c1-11(10-15-2)9-12-5-3-7-14-13(12)6-4-8-16-14/h3-8,11,15H,9-10H2,1-2H3. The van der Waals surface area contributed by atoms with Crippen LogP contribution in [0.5, 0.6) is 0 Å². The Labute approximate surface area is 96.7 Å². The van der Waals surface area contributed by atoms with Crippen LogP contribution in [0.15, 0.2) is 36.5 Å². The van der Waals surface area contributed by atoms with E-state index in [1.165, 1.54) is 10.9 Å². The van der Waals surface area contributed by atoms with Crippen LogP contribution in [0.2, 0.25) is 0 Å². The molecule has 1 aromatic carbocycles. The molecule has 0 saturated carbocycles. The van der Waals surface area contributed by atoms with Crippen molar-refractivity contribution in [1.82, 2.24) is 10.3 Å². The second-order valence-electron chi connectivity index (χ2n) is 4.35. The molecule has 2 aromatic rings. The topological polar surface area (TPSA) is 24.9 Å². The molecule has 2 heteroatoms. The van der Waals surface area contributed by atoms with Gasteiger partial charge in [0.15, 0.2) is 0 Å². The molecule has 2 nitrogen and oxygen atoms in total. The van der Waals surface area contributed by atoms with E-state index >= 15 is 0 Å². The molecular formula is C14H18N2. The van der Waals surface area contributed by atoms with Crippen LogP contribution in [0.4, 0.5) is 0 Å². The Morgan fingerprint density at radius 1 is 1.25 bits per heavy atom. The molecule has 2 rings (SSSR count). The molecule has 0 amide bonds. The van der Waals surface area contributed by atoms with Crippen LogP contribution in [-0.2, 0) is 6.42 Å². The predicted molar refractivity (Wildman–Crippen MR) is 68.5 cm³/mol. The number of aromatic nitrogens is 1. The van der Waals surface area contributed by atoms with Crippen molar-refractivity contribution in [3.8, 4) is 0 Å². The first-order chi connectivity index (χ1) is 7.81. The number of rotatable bonds is 4. The number of hydrogen-bond acceptors (Lipinski definition) is 2. The van der Waals surface area contributed by atoms with Gasteiger partial charge in [-0.25, -0.2) is 0 Å². The quantitative estimate of drug-likeness (QED) is 0.846. The maximum absolute atomic E-state index is 4.38. The summed E-state index contributed by atoms with van der Waals surface area (Å²) in [6.45, 7) is 3.32. The van der Waals surface area contributed by atoms with Crippen molar-refractivity contribution in [2.24, 2.45) is 5.92 Å². The van der Waals surface area contributed by atoms with Crippen molar-refractivity contribution in [2.45, 2.75) is 13.3 Å². The van der Waals surface area contributed by atoms with Crippen molar-refractivity contribution in [3.05, 3.63) is 42.1 Å². The Kier molecular flexibility index (Phi) is 3.52. The van der Waals surface area contributed by atoms with Gasteiger partial charge < -0.3 is 5.32 Å². The molecular weight excluding hydrogens is 196 g/mol. The van der Waals surface area contributed by atoms with Gasteiger partial charge in [0.2, 0.25) is 0 Å². The fraction of sp³-hybridized carbons (Fsp3) is 0.357. The highest BCUT2D eigenvalue weighted by molar-refractivity contribution is 5.81. The van der Waals surface area contributed by atoms with Crippen LogP contribution < -0.4 is 5.32 Å². The molecule has 84 valence electrons. The maximum atomic E-state index is 4.38. The van der Waals surface area contributed by atoms with Crippen LogP contribution in [0, 0.1) is 5.92 Å². The van der Waals surface area contributed by atoms with Gasteiger partial charge in [-0.05, 0) is 43.6 Å². The fourth-order valence-electron chi connectivity index (χ4n) is 2.14. The third-order valence-electron chi connectivity index (χ3n) is 2.86. The largest absolute Gasteiger partial charge is 0.319 e. The Morgan fingerprint density at radius 3 is 2.94 bits per heavy atom. The molecule has 0 radical (unpaired) electrons. The van der Waals surface area contributed by atoms with Crippen LogP contribution in [0.3, 0.4) is 0 Å². The molecule has 0 aliphatic heterocycles. The lowest BCUT2D eigenvalue weighted by Gasteiger charge is -2.12. The molecule has 1 N–H and O–H groups in total. The number of fused-ring (bicyclic) bond motifs is 1. The summed E-state index contributed by atoms with van der Waals surface area (Å²) in [5.41, 5.74) is 2.49. The summed E-state index contributed by atoms with van der Waals surface area (Å²) in [6.07, 6.45) is 2.95. The van der Waals surface area contributed by atoms with Gasteiger partial charge in [-0.1, -0.05) is 25.1 Å². The summed E-state index contributed by atoms with van der Waals surface area (Å²) in [5, 5.41) is 4.51. The Balaban J connectivity index is 2.30. The lowest BCUT2D eigenvalue weighted by Crippen LogP contribution is -2.18. The molecule has 0 spiro atoms. The van der Waals surface area contributed by atoms with Crippen molar-refractivity contribution >= 4 is 10.9 Å². The highest BCUT2D eigenvalue weighted by atomic mass is 14.8. The molecule has 1 aromatic heterocycles. The zero-order chi connectivity index (χ0) is 11.4. The summed E-state index contributed by atoms with van der Waals surface area (Å²) in [6, 6.07) is 10.5. The number of pyridine rings is 1. The van der Waals surface area contributed by atoms with E-state index in [-0.39, 0.29) is 0 Å². The van der Waals surface area contributed by atoms with Crippen molar-refractivity contribution in [1.29, 1.82) is 0 Å². The lowest BCUT2D eigenvalue weighted by molar-refractivity contribution is 0.543. The fourth-order valence-corrected chi connectivity index (χ4v) is 2.14. The van der Waals surface area contributed by atoms with Gasteiger partial charge in [-0.2, -0.15) is 0 Å². The van der Waals surface area contributed by atoms with Crippen molar-refractivity contribution in [3.63, 3.8) is 0 Å². The van der Waals surface area contributed by atoms with Gasteiger partial charge >= 0.3 is 0 Å². The van der Waals surface area contributed by atoms with Gasteiger partial charge in [-0.3, -0.25) is 4.98 Å². The van der Waals surface area contributed by atoms with Gasteiger partial charge in [0.25, 0.3) is 0 Å². The van der Waals surface area contributed by atoms with Crippen LogP contribution in [-0.4, -0.2) is 18.6 Å². The highest BCUT2D eigenvalue weighted by Gasteiger charge is 2.05. The van der Waals surface area contributed by atoms with Crippen LogP contribution >= 0.6 is 0 Å². The minimum Gasteiger partial charge on any atom is -0.319 e. The van der Waals surface area contributed by atoms with Crippen LogP contribution in [0.1, 0.15) is 12.5 Å². The third kappa shape index (κ3) is 2.39. The van der Waals surface area contributed by atoms with E-state index in [4.69, 9.17) is 0 Å². The summed E-state index contributed by atoms with van der Waals surface area (Å²) in [7, 11) is 2.00. The predicted octanol–water partition coefficient (Wildman–Crippen LogP) is 2.63. The molecule has 0 saturated heterocycles. The number of nitrogens with one attached hydrogen (secondary N) is 1. The summed E-state index contributed by atoms with van der Waals surface area (Å²) in [4.78, 5) is 4.38. The molecule has 0 bridgehead atoms. The average molecular weight is 214 g/mol. The second-order valence-corrected chi connectivity index (χ2v) is 4.35. The molecule has 1 atom stereocenters. The van der Waals surface area contributed by atoms with Crippen molar-refractivity contribution < 1.29 is 0 Å². The smallest absolute Gasteiger partial charge is 0.0704 e. The summed E-state index contributed by atoms with van der Waals surface area (Å²) < 4.78 is 0. The monoisotopic (exact) mass is 214 g/mol. The van der Waals surface area contributed by atoms with E-state index in [2.05, 4.69) is 41.5 Å². The Morgan fingerprint density at radius 2 is 2.12 bits per heavy atom. The van der Waals surface area contributed by atoms with E-state index in [0.29, 0.717) is 5.92 Å². The van der Waals surface area contributed by atoms with E-state index in [1.807, 2.05) is 19.3 Å². The first kappa shape index (κ1) is 11.1. The normalized spacial score (nSPS) is 12.9. The Bertz CT molecular complexity index is 460. The minimum atomic E-state index is 0.649. The molecule has 1 heterocycles. The van der Waals surface area contributed by atoms with Gasteiger partial charge in [0.1, 0.15) is 0 Å². The molecule has 1 unspecified atom stereocenters. The molecule has 16 heavy (non-hydrogen) atoms. The van der Waals surface area contributed by atoms with E-state index in [1.54, 1.807) is 0 Å². The second kappa shape index (κ2) is 5.08. The number of nitrogens with zero attached hydrogens (tertiary/aromatic N) is 1. The van der Waals surface area contributed by atoms with Gasteiger partial charge in [0, 0.05) is 11.6 Å². The van der Waals surface area contributed by atoms with E-state index < -0.39 is 0 Å². The summed E-state index contributed by atoms with van der Waals surface area (Å²) >= 11 is 0. The Hall–Kier alpha value is -1.41. The third-order valence-corrected chi connectivity index (χ3v) is 2.86. The van der Waals surface area contributed by atoms with Crippen LogP contribution in [0.25, 0.3) is 10.9 Å². The van der Waals surface area contributed by atoms with Crippen molar-refractivity contribution in [2.75, 3.05) is 13.6 Å². The first-order valence-electron chi connectivity index (χ1n) is 5.78. The zero-order valence-corrected chi connectivity index (χ0v) is 9.90. The molecule has 0 aliphatic rings. The molecule has 0 aliphatic carbocycles. The number of hydrogen-bond donors (Lipinski definition) is 1. The first-order valence-corrected chi connectivity index (χ1v) is 5.78. The minimum absolute atomic E-state index is 0.649. The highest BCUT2D eigenvalue weighted by Crippen LogP contribution is 2.19. The average Bonchev–Trinajstić information content (AvgIpc) is 2.30. The van der Waals surface area contributed by atoms with Gasteiger partial charge in [0.05, 0.1) is 5.52 Å². The zero-order valence-electron chi connectivity index (χ0n) is 9.90.